The van der Waals surface area contributed by atoms with Crippen LogP contribution in [0.4, 0.5) is 0 Å². The summed E-state index contributed by atoms with van der Waals surface area (Å²) in [5.74, 6) is 0. The minimum absolute atomic E-state index is 0.712. The molecular formula is C10H21N3. The topological polar surface area (TPSA) is 18.5 Å². The van der Waals surface area contributed by atoms with Crippen molar-refractivity contribution in [2.75, 3.05) is 33.2 Å². The lowest BCUT2D eigenvalue weighted by Crippen LogP contribution is -2.64. The molecule has 2 saturated heterocycles. The molecule has 3 heteroatoms. The zero-order valence-corrected chi connectivity index (χ0v) is 8.95. The van der Waals surface area contributed by atoms with Gasteiger partial charge in [0.05, 0.1) is 0 Å². The van der Waals surface area contributed by atoms with Crippen molar-refractivity contribution in [2.45, 2.75) is 32.0 Å². The van der Waals surface area contributed by atoms with E-state index in [4.69, 9.17) is 0 Å². The number of rotatable bonds is 1. The van der Waals surface area contributed by atoms with E-state index < -0.39 is 0 Å². The van der Waals surface area contributed by atoms with Crippen LogP contribution in [0.5, 0.6) is 0 Å². The van der Waals surface area contributed by atoms with Crippen LogP contribution in [-0.2, 0) is 0 Å². The molecule has 2 heterocycles. The third kappa shape index (κ3) is 1.73. The third-order valence-electron chi connectivity index (χ3n) is 3.66. The molecule has 0 radical (unpaired) electrons. The summed E-state index contributed by atoms with van der Waals surface area (Å²) in [5.41, 5.74) is 0. The van der Waals surface area contributed by atoms with Gasteiger partial charge in [0, 0.05) is 44.3 Å². The predicted molar refractivity (Wildman–Crippen MR) is 54.9 cm³/mol. The lowest BCUT2D eigenvalue weighted by atomic mass is 10.0. The quantitative estimate of drug-likeness (QED) is 0.616. The van der Waals surface area contributed by atoms with E-state index in [1.54, 1.807) is 0 Å². The summed E-state index contributed by atoms with van der Waals surface area (Å²) in [6.45, 7) is 9.54. The van der Waals surface area contributed by atoms with Crippen molar-refractivity contribution in [2.24, 2.45) is 0 Å². The Morgan fingerprint density at radius 1 is 1.08 bits per heavy atom. The van der Waals surface area contributed by atoms with E-state index in [0.29, 0.717) is 12.1 Å². The van der Waals surface area contributed by atoms with Crippen LogP contribution in [-0.4, -0.2) is 61.2 Å². The fraction of sp³-hybridized carbons (Fsp3) is 1.00. The summed E-state index contributed by atoms with van der Waals surface area (Å²) < 4.78 is 0. The maximum Gasteiger partial charge on any atom is 0.0346 e. The fourth-order valence-corrected chi connectivity index (χ4v) is 2.28. The van der Waals surface area contributed by atoms with Gasteiger partial charge in [-0.1, -0.05) is 0 Å². The van der Waals surface area contributed by atoms with Crippen molar-refractivity contribution in [1.82, 2.24) is 15.1 Å². The van der Waals surface area contributed by atoms with Crippen LogP contribution in [0.25, 0.3) is 0 Å². The number of nitrogens with one attached hydrogen (secondary N) is 1. The van der Waals surface area contributed by atoms with E-state index in [1.807, 2.05) is 0 Å². The summed E-state index contributed by atoms with van der Waals surface area (Å²) >= 11 is 0. The first-order chi connectivity index (χ1) is 6.18. The monoisotopic (exact) mass is 183 g/mol. The second kappa shape index (κ2) is 3.56. The first-order valence-electron chi connectivity index (χ1n) is 5.35. The Labute approximate surface area is 81.1 Å². The Hall–Kier alpha value is -0.120. The SMILES string of the molecule is CC1CN(C2CNC2)CC(C)N1C. The molecule has 2 atom stereocenters. The summed E-state index contributed by atoms with van der Waals surface area (Å²) in [7, 11) is 2.24. The zero-order chi connectivity index (χ0) is 9.42. The highest BCUT2D eigenvalue weighted by molar-refractivity contribution is 4.91. The van der Waals surface area contributed by atoms with E-state index in [1.165, 1.54) is 26.2 Å². The van der Waals surface area contributed by atoms with Gasteiger partial charge in [0.2, 0.25) is 0 Å². The van der Waals surface area contributed by atoms with Gasteiger partial charge in [-0.3, -0.25) is 9.80 Å². The molecule has 0 saturated carbocycles. The molecule has 2 unspecified atom stereocenters. The highest BCUT2D eigenvalue weighted by Gasteiger charge is 2.32. The molecule has 0 spiro atoms. The standard InChI is InChI=1S/C10H21N3/c1-8-6-13(10-4-11-5-10)7-9(2)12(8)3/h8-11H,4-7H2,1-3H3. The second-order valence-electron chi connectivity index (χ2n) is 4.63. The molecule has 0 aromatic carbocycles. The predicted octanol–water partition coefficient (Wildman–Crippen LogP) is -0.0174. The average Bonchev–Trinajstić information content (AvgIpc) is 1.96. The molecule has 0 aromatic heterocycles. The summed E-state index contributed by atoms with van der Waals surface area (Å²) in [6, 6.07) is 2.24. The fourth-order valence-electron chi connectivity index (χ4n) is 2.28. The van der Waals surface area contributed by atoms with Gasteiger partial charge in [0.1, 0.15) is 0 Å². The van der Waals surface area contributed by atoms with Crippen molar-refractivity contribution in [3.8, 4) is 0 Å². The number of nitrogens with zero attached hydrogens (tertiary/aromatic N) is 2. The van der Waals surface area contributed by atoms with Gasteiger partial charge in [-0.15, -0.1) is 0 Å². The van der Waals surface area contributed by atoms with Gasteiger partial charge in [-0.2, -0.15) is 0 Å². The summed E-state index contributed by atoms with van der Waals surface area (Å²) in [5, 5.41) is 3.34. The Balaban J connectivity index is 1.92. The molecule has 2 aliphatic heterocycles. The van der Waals surface area contributed by atoms with Gasteiger partial charge < -0.3 is 5.32 Å². The number of piperazine rings is 1. The highest BCUT2D eigenvalue weighted by Crippen LogP contribution is 2.17. The first-order valence-corrected chi connectivity index (χ1v) is 5.35. The van der Waals surface area contributed by atoms with Crippen LogP contribution in [0.3, 0.4) is 0 Å². The minimum atomic E-state index is 0.712. The number of likely N-dealkylation sites (N-methyl/N-ethyl adjacent to an activating group) is 1. The lowest BCUT2D eigenvalue weighted by Gasteiger charge is -2.48. The van der Waals surface area contributed by atoms with Gasteiger partial charge in [0.25, 0.3) is 0 Å². The van der Waals surface area contributed by atoms with Gasteiger partial charge >= 0.3 is 0 Å². The Bertz CT molecular complexity index is 167. The summed E-state index contributed by atoms with van der Waals surface area (Å²) in [6.07, 6.45) is 0. The van der Waals surface area contributed by atoms with Gasteiger partial charge in [-0.25, -0.2) is 0 Å². The van der Waals surface area contributed by atoms with Gasteiger partial charge in [-0.05, 0) is 20.9 Å². The van der Waals surface area contributed by atoms with Crippen molar-refractivity contribution in [1.29, 1.82) is 0 Å². The molecule has 76 valence electrons. The van der Waals surface area contributed by atoms with Crippen LogP contribution in [0, 0.1) is 0 Å². The third-order valence-corrected chi connectivity index (χ3v) is 3.66. The molecule has 2 rings (SSSR count). The Morgan fingerprint density at radius 2 is 1.62 bits per heavy atom. The van der Waals surface area contributed by atoms with Crippen molar-refractivity contribution in [3.05, 3.63) is 0 Å². The average molecular weight is 183 g/mol. The van der Waals surface area contributed by atoms with Crippen LogP contribution >= 0.6 is 0 Å². The van der Waals surface area contributed by atoms with E-state index in [2.05, 4.69) is 36.0 Å². The molecule has 0 bridgehead atoms. The molecule has 13 heavy (non-hydrogen) atoms. The first kappa shape index (κ1) is 9.44. The van der Waals surface area contributed by atoms with Crippen molar-refractivity contribution < 1.29 is 0 Å². The van der Waals surface area contributed by atoms with Crippen molar-refractivity contribution in [3.63, 3.8) is 0 Å². The maximum atomic E-state index is 3.34. The second-order valence-corrected chi connectivity index (χ2v) is 4.63. The highest BCUT2D eigenvalue weighted by atomic mass is 15.3. The number of hydrogen-bond acceptors (Lipinski definition) is 3. The summed E-state index contributed by atoms with van der Waals surface area (Å²) in [4.78, 5) is 5.13. The van der Waals surface area contributed by atoms with Crippen LogP contribution in [0.2, 0.25) is 0 Å². The zero-order valence-electron chi connectivity index (χ0n) is 8.95. The molecule has 0 amide bonds. The van der Waals surface area contributed by atoms with Gasteiger partial charge in [0.15, 0.2) is 0 Å². The molecular weight excluding hydrogens is 162 g/mol. The number of hydrogen-bond donors (Lipinski definition) is 1. The molecule has 0 aromatic rings. The van der Waals surface area contributed by atoms with Crippen LogP contribution < -0.4 is 5.32 Å². The van der Waals surface area contributed by atoms with Crippen molar-refractivity contribution >= 4 is 0 Å². The molecule has 3 nitrogen and oxygen atoms in total. The minimum Gasteiger partial charge on any atom is -0.314 e. The largest absolute Gasteiger partial charge is 0.314 e. The van der Waals surface area contributed by atoms with Crippen LogP contribution in [0.1, 0.15) is 13.8 Å². The smallest absolute Gasteiger partial charge is 0.0346 e. The van der Waals surface area contributed by atoms with E-state index in [0.717, 1.165) is 6.04 Å². The van der Waals surface area contributed by atoms with E-state index >= 15 is 0 Å². The van der Waals surface area contributed by atoms with E-state index in [-0.39, 0.29) is 0 Å². The van der Waals surface area contributed by atoms with E-state index in [9.17, 15) is 0 Å². The molecule has 1 N–H and O–H groups in total. The lowest BCUT2D eigenvalue weighted by molar-refractivity contribution is 0.0190. The van der Waals surface area contributed by atoms with Crippen LogP contribution in [0.15, 0.2) is 0 Å². The Kier molecular flexibility index (Phi) is 2.58. The maximum absolute atomic E-state index is 3.34. The normalized spacial score (nSPS) is 39.0. The molecule has 2 fully saturated rings. The Morgan fingerprint density at radius 3 is 2.00 bits per heavy atom. The molecule has 2 aliphatic rings. The molecule has 0 aliphatic carbocycles.